The number of rotatable bonds is 8. The Labute approximate surface area is 202 Å². The van der Waals surface area contributed by atoms with Gasteiger partial charge in [0.25, 0.3) is 11.8 Å². The molecule has 0 bridgehead atoms. The molecule has 0 aliphatic carbocycles. The Kier molecular flexibility index (Phi) is 8.22. The first-order valence-corrected chi connectivity index (χ1v) is 12.5. The van der Waals surface area contributed by atoms with Crippen LogP contribution in [0, 0.1) is 0 Å². The van der Waals surface area contributed by atoms with Gasteiger partial charge in [0.05, 0.1) is 6.10 Å². The van der Waals surface area contributed by atoms with Crippen molar-refractivity contribution in [3.05, 3.63) is 65.7 Å². The lowest BCUT2D eigenvalue weighted by molar-refractivity contribution is -0.139. The minimum atomic E-state index is -0.0297. The van der Waals surface area contributed by atoms with Gasteiger partial charge in [-0.05, 0) is 75.8 Å². The minimum Gasteiger partial charge on any atom is -0.484 e. The second kappa shape index (κ2) is 11.5. The molecule has 2 amide bonds. The van der Waals surface area contributed by atoms with Gasteiger partial charge in [0.15, 0.2) is 6.61 Å². The molecule has 2 aromatic rings. The smallest absolute Gasteiger partial charge is 0.260 e. The molecule has 3 unspecified atom stereocenters. The molecule has 0 radical (unpaired) electrons. The molecular formula is C28H36N2O4. The van der Waals surface area contributed by atoms with Crippen LogP contribution in [0.3, 0.4) is 0 Å². The monoisotopic (exact) mass is 464 g/mol. The first-order valence-electron chi connectivity index (χ1n) is 12.5. The van der Waals surface area contributed by atoms with E-state index in [9.17, 15) is 9.59 Å². The highest BCUT2D eigenvalue weighted by Gasteiger charge is 2.29. The second-order valence-electron chi connectivity index (χ2n) is 9.55. The molecular weight excluding hydrogens is 428 g/mol. The highest BCUT2D eigenvalue weighted by atomic mass is 16.5. The third kappa shape index (κ3) is 6.17. The van der Waals surface area contributed by atoms with Crippen LogP contribution in [0.1, 0.15) is 61.9 Å². The lowest BCUT2D eigenvalue weighted by atomic mass is 9.97. The summed E-state index contributed by atoms with van der Waals surface area (Å²) >= 11 is 0. The fourth-order valence-electron chi connectivity index (χ4n) is 5.07. The Balaban J connectivity index is 1.38. The van der Waals surface area contributed by atoms with Crippen molar-refractivity contribution in [2.75, 3.05) is 19.8 Å². The number of ether oxygens (including phenoxy) is 2. The summed E-state index contributed by atoms with van der Waals surface area (Å²) in [6.45, 7) is 6.10. The van der Waals surface area contributed by atoms with Crippen molar-refractivity contribution < 1.29 is 19.1 Å². The molecule has 2 saturated heterocycles. The van der Waals surface area contributed by atoms with Gasteiger partial charge in [0.1, 0.15) is 5.75 Å². The van der Waals surface area contributed by atoms with Crippen LogP contribution in [0.2, 0.25) is 0 Å². The Hall–Kier alpha value is -2.86. The molecule has 0 spiro atoms. The number of carbonyl (C=O) groups is 2. The van der Waals surface area contributed by atoms with E-state index in [4.69, 9.17) is 9.47 Å². The molecule has 182 valence electrons. The standard InChI is InChI=1S/C28H36N2O4/c1-21-8-6-9-22(2)30(21)27(31)20-34-25-15-13-24(14-16-25)28(32)29(19-26-12-7-17-33-26)18-23-10-4-3-5-11-23/h3-5,10-11,13-16,21-22,26H,6-9,12,17-20H2,1-2H3. The topological polar surface area (TPSA) is 59.1 Å². The molecule has 3 atom stereocenters. The maximum absolute atomic E-state index is 13.4. The maximum atomic E-state index is 13.4. The van der Waals surface area contributed by atoms with Crippen LogP contribution in [0.5, 0.6) is 5.75 Å². The summed E-state index contributed by atoms with van der Waals surface area (Å²) in [4.78, 5) is 29.9. The SMILES string of the molecule is CC1CCCC(C)N1C(=O)COc1ccc(C(=O)N(Cc2ccccc2)CC2CCCO2)cc1. The van der Waals surface area contributed by atoms with Crippen LogP contribution >= 0.6 is 0 Å². The molecule has 2 aliphatic heterocycles. The van der Waals surface area contributed by atoms with Crippen LogP contribution in [-0.4, -0.2) is 59.6 Å². The molecule has 2 heterocycles. The Morgan fingerprint density at radius 1 is 0.971 bits per heavy atom. The third-order valence-corrected chi connectivity index (χ3v) is 6.90. The van der Waals surface area contributed by atoms with Gasteiger partial charge < -0.3 is 19.3 Å². The second-order valence-corrected chi connectivity index (χ2v) is 9.55. The molecule has 6 nitrogen and oxygen atoms in total. The van der Waals surface area contributed by atoms with E-state index in [0.29, 0.717) is 24.4 Å². The average molecular weight is 465 g/mol. The number of piperidine rings is 1. The number of amides is 2. The van der Waals surface area contributed by atoms with Crippen LogP contribution in [0.15, 0.2) is 54.6 Å². The van der Waals surface area contributed by atoms with E-state index >= 15 is 0 Å². The van der Waals surface area contributed by atoms with Crippen molar-refractivity contribution in [3.8, 4) is 5.75 Å². The number of hydrogen-bond donors (Lipinski definition) is 0. The summed E-state index contributed by atoms with van der Waals surface area (Å²) < 4.78 is 11.6. The fraction of sp³-hybridized carbons (Fsp3) is 0.500. The first-order chi connectivity index (χ1) is 16.5. The molecule has 2 aromatic carbocycles. The van der Waals surface area contributed by atoms with Crippen LogP contribution in [-0.2, 0) is 16.1 Å². The Morgan fingerprint density at radius 2 is 1.68 bits per heavy atom. The zero-order chi connectivity index (χ0) is 23.9. The summed E-state index contributed by atoms with van der Waals surface area (Å²) in [6.07, 6.45) is 5.35. The first kappa shape index (κ1) is 24.3. The lowest BCUT2D eigenvalue weighted by Crippen LogP contribution is -2.49. The van der Waals surface area contributed by atoms with Crippen LogP contribution in [0.4, 0.5) is 0 Å². The molecule has 0 saturated carbocycles. The van der Waals surface area contributed by atoms with E-state index in [0.717, 1.165) is 44.3 Å². The number of nitrogens with zero attached hydrogens (tertiary/aromatic N) is 2. The van der Waals surface area contributed by atoms with E-state index < -0.39 is 0 Å². The predicted molar refractivity (Wildman–Crippen MR) is 132 cm³/mol. The van der Waals surface area contributed by atoms with Gasteiger partial charge in [0, 0.05) is 37.3 Å². The normalized spacial score (nSPS) is 22.4. The van der Waals surface area contributed by atoms with Crippen molar-refractivity contribution in [2.24, 2.45) is 0 Å². The van der Waals surface area contributed by atoms with Gasteiger partial charge in [0.2, 0.25) is 0 Å². The number of likely N-dealkylation sites (tertiary alicyclic amines) is 1. The highest BCUT2D eigenvalue weighted by Crippen LogP contribution is 2.23. The molecule has 0 N–H and O–H groups in total. The van der Waals surface area contributed by atoms with E-state index in [1.54, 1.807) is 24.3 Å². The summed E-state index contributed by atoms with van der Waals surface area (Å²) in [5.41, 5.74) is 1.69. The van der Waals surface area contributed by atoms with Crippen molar-refractivity contribution in [1.29, 1.82) is 0 Å². The predicted octanol–water partition coefficient (Wildman–Crippen LogP) is 4.68. The molecule has 6 heteroatoms. The number of benzene rings is 2. The van der Waals surface area contributed by atoms with Crippen molar-refractivity contribution in [3.63, 3.8) is 0 Å². The highest BCUT2D eigenvalue weighted by molar-refractivity contribution is 5.94. The average Bonchev–Trinajstić information content (AvgIpc) is 3.36. The van der Waals surface area contributed by atoms with E-state index in [1.165, 1.54) is 0 Å². The van der Waals surface area contributed by atoms with Gasteiger partial charge in [-0.1, -0.05) is 30.3 Å². The zero-order valence-corrected chi connectivity index (χ0v) is 20.3. The summed E-state index contributed by atoms with van der Waals surface area (Å²) in [5.74, 6) is 0.583. The Morgan fingerprint density at radius 3 is 2.32 bits per heavy atom. The fourth-order valence-corrected chi connectivity index (χ4v) is 5.07. The number of carbonyl (C=O) groups excluding carboxylic acids is 2. The largest absolute Gasteiger partial charge is 0.484 e. The van der Waals surface area contributed by atoms with E-state index in [2.05, 4.69) is 13.8 Å². The maximum Gasteiger partial charge on any atom is 0.260 e. The van der Waals surface area contributed by atoms with Crippen molar-refractivity contribution in [1.82, 2.24) is 9.80 Å². The van der Waals surface area contributed by atoms with Crippen molar-refractivity contribution >= 4 is 11.8 Å². The van der Waals surface area contributed by atoms with Gasteiger partial charge in [-0.25, -0.2) is 0 Å². The summed E-state index contributed by atoms with van der Waals surface area (Å²) in [6, 6.07) is 17.6. The van der Waals surface area contributed by atoms with E-state index in [1.807, 2.05) is 40.1 Å². The molecule has 4 rings (SSSR count). The number of hydrogen-bond acceptors (Lipinski definition) is 4. The summed E-state index contributed by atoms with van der Waals surface area (Å²) in [7, 11) is 0. The van der Waals surface area contributed by atoms with Gasteiger partial charge in [-0.3, -0.25) is 9.59 Å². The van der Waals surface area contributed by atoms with Gasteiger partial charge in [-0.15, -0.1) is 0 Å². The minimum absolute atomic E-state index is 0.0150. The quantitative estimate of drug-likeness (QED) is 0.569. The molecule has 2 fully saturated rings. The summed E-state index contributed by atoms with van der Waals surface area (Å²) in [5, 5.41) is 0. The van der Waals surface area contributed by atoms with E-state index in [-0.39, 0.29) is 36.6 Å². The van der Waals surface area contributed by atoms with Gasteiger partial charge in [-0.2, -0.15) is 0 Å². The van der Waals surface area contributed by atoms with Crippen LogP contribution in [0.25, 0.3) is 0 Å². The molecule has 34 heavy (non-hydrogen) atoms. The van der Waals surface area contributed by atoms with Gasteiger partial charge >= 0.3 is 0 Å². The lowest BCUT2D eigenvalue weighted by Gasteiger charge is -2.38. The third-order valence-electron chi connectivity index (χ3n) is 6.90. The van der Waals surface area contributed by atoms with Crippen LogP contribution < -0.4 is 4.74 Å². The zero-order valence-electron chi connectivity index (χ0n) is 20.3. The molecule has 0 aromatic heterocycles. The Bertz CT molecular complexity index is 931. The van der Waals surface area contributed by atoms with Crippen molar-refractivity contribution in [2.45, 2.75) is 70.7 Å². The molecule has 2 aliphatic rings.